The van der Waals surface area contributed by atoms with Crippen molar-refractivity contribution in [3.63, 3.8) is 0 Å². The van der Waals surface area contributed by atoms with Crippen LogP contribution in [0.15, 0.2) is 22.7 Å². The predicted octanol–water partition coefficient (Wildman–Crippen LogP) is 2.63. The molecule has 1 amide bonds. The maximum Gasteiger partial charge on any atom is 0.320 e. The second-order valence-electron chi connectivity index (χ2n) is 5.43. The molecule has 1 atom stereocenters. The van der Waals surface area contributed by atoms with E-state index in [0.29, 0.717) is 0 Å². The fourth-order valence-corrected chi connectivity index (χ4v) is 2.73. The number of carboxylic acid groups (broad SMARTS) is 1. The van der Waals surface area contributed by atoms with Crippen LogP contribution in [0.3, 0.4) is 0 Å². The first-order chi connectivity index (χ1) is 9.88. The molecule has 0 saturated heterocycles. The summed E-state index contributed by atoms with van der Waals surface area (Å²) in [6.45, 7) is 3.64. The van der Waals surface area contributed by atoms with Crippen LogP contribution in [-0.4, -0.2) is 40.5 Å². The normalized spacial score (nSPS) is 15.8. The summed E-state index contributed by atoms with van der Waals surface area (Å²) in [6.07, 6.45) is 1.92. The molecule has 0 radical (unpaired) electrons. The van der Waals surface area contributed by atoms with Gasteiger partial charge in [-0.1, -0.05) is 15.9 Å². The molecular formula is C15H19BrN2O3. The summed E-state index contributed by atoms with van der Waals surface area (Å²) in [4.78, 5) is 25.0. The number of carbonyl (C=O) groups is 2. The van der Waals surface area contributed by atoms with Crippen LogP contribution in [0.5, 0.6) is 0 Å². The van der Waals surface area contributed by atoms with Gasteiger partial charge >= 0.3 is 5.97 Å². The third-order valence-electron chi connectivity index (χ3n) is 3.66. The number of carboxylic acids is 1. The molecule has 0 bridgehead atoms. The average molecular weight is 355 g/mol. The van der Waals surface area contributed by atoms with Gasteiger partial charge in [-0.2, -0.15) is 0 Å². The van der Waals surface area contributed by atoms with Crippen LogP contribution in [0.1, 0.15) is 25.3 Å². The molecule has 0 spiro atoms. The van der Waals surface area contributed by atoms with Gasteiger partial charge in [0.1, 0.15) is 6.04 Å². The Bertz CT molecular complexity index is 558. The second kappa shape index (κ2) is 6.58. The van der Waals surface area contributed by atoms with Crippen molar-refractivity contribution in [1.82, 2.24) is 4.90 Å². The summed E-state index contributed by atoms with van der Waals surface area (Å²) < 4.78 is 0.956. The molecular weight excluding hydrogens is 336 g/mol. The highest BCUT2D eigenvalue weighted by atomic mass is 79.9. The Morgan fingerprint density at radius 2 is 2.14 bits per heavy atom. The lowest BCUT2D eigenvalue weighted by atomic mass is 10.2. The molecule has 5 nitrogen and oxygen atoms in total. The fraction of sp³-hybridized carbons (Fsp3) is 0.467. The maximum absolute atomic E-state index is 12.2. The number of aliphatic carboxylic acids is 1. The Morgan fingerprint density at radius 1 is 1.48 bits per heavy atom. The summed E-state index contributed by atoms with van der Waals surface area (Å²) in [7, 11) is 0. The van der Waals surface area contributed by atoms with Gasteiger partial charge in [-0.15, -0.1) is 0 Å². The summed E-state index contributed by atoms with van der Waals surface area (Å²) in [5.74, 6) is -1.07. The van der Waals surface area contributed by atoms with Crippen LogP contribution >= 0.6 is 15.9 Å². The molecule has 0 heterocycles. The van der Waals surface area contributed by atoms with E-state index in [0.717, 1.165) is 28.6 Å². The molecule has 1 unspecified atom stereocenters. The zero-order valence-electron chi connectivity index (χ0n) is 12.1. The van der Waals surface area contributed by atoms with E-state index in [2.05, 4.69) is 21.2 Å². The average Bonchev–Trinajstić information content (AvgIpc) is 3.23. The van der Waals surface area contributed by atoms with Crippen LogP contribution in [0.4, 0.5) is 5.69 Å². The number of hydrogen-bond acceptors (Lipinski definition) is 3. The van der Waals surface area contributed by atoms with Crippen LogP contribution in [0.2, 0.25) is 0 Å². The van der Waals surface area contributed by atoms with Gasteiger partial charge in [0.25, 0.3) is 0 Å². The van der Waals surface area contributed by atoms with Crippen LogP contribution in [-0.2, 0) is 9.59 Å². The fourth-order valence-electron chi connectivity index (χ4n) is 2.25. The topological polar surface area (TPSA) is 69.6 Å². The number of halogens is 1. The van der Waals surface area contributed by atoms with Gasteiger partial charge in [-0.25, -0.2) is 0 Å². The number of aryl methyl sites for hydroxylation is 1. The molecule has 1 saturated carbocycles. The minimum absolute atomic E-state index is 0.105. The maximum atomic E-state index is 12.2. The molecule has 2 N–H and O–H groups in total. The van der Waals surface area contributed by atoms with Crippen LogP contribution in [0, 0.1) is 6.92 Å². The lowest BCUT2D eigenvalue weighted by Gasteiger charge is -2.25. The van der Waals surface area contributed by atoms with Gasteiger partial charge in [-0.3, -0.25) is 14.5 Å². The number of rotatable bonds is 6. The van der Waals surface area contributed by atoms with E-state index in [4.69, 9.17) is 5.11 Å². The van der Waals surface area contributed by atoms with E-state index in [1.807, 2.05) is 25.1 Å². The Morgan fingerprint density at radius 3 is 2.67 bits per heavy atom. The first-order valence-electron chi connectivity index (χ1n) is 6.93. The Kier molecular flexibility index (Phi) is 5.00. The summed E-state index contributed by atoms with van der Waals surface area (Å²) in [5.41, 5.74) is 1.71. The summed E-state index contributed by atoms with van der Waals surface area (Å²) >= 11 is 3.38. The quantitative estimate of drug-likeness (QED) is 0.823. The number of nitrogens with one attached hydrogen (secondary N) is 1. The van der Waals surface area contributed by atoms with Crippen molar-refractivity contribution in [2.45, 2.75) is 38.8 Å². The van der Waals surface area contributed by atoms with E-state index in [-0.39, 0.29) is 18.5 Å². The minimum Gasteiger partial charge on any atom is -0.480 e. The second-order valence-corrected chi connectivity index (χ2v) is 6.34. The first kappa shape index (κ1) is 16.0. The van der Waals surface area contributed by atoms with Gasteiger partial charge < -0.3 is 10.4 Å². The Hall–Kier alpha value is -1.40. The molecule has 0 aliphatic heterocycles. The van der Waals surface area contributed by atoms with E-state index in [1.54, 1.807) is 11.8 Å². The highest BCUT2D eigenvalue weighted by molar-refractivity contribution is 9.10. The zero-order chi connectivity index (χ0) is 15.6. The molecule has 1 aliphatic rings. The molecule has 21 heavy (non-hydrogen) atoms. The van der Waals surface area contributed by atoms with Gasteiger partial charge in [0.05, 0.1) is 6.54 Å². The van der Waals surface area contributed by atoms with Gasteiger partial charge in [0.2, 0.25) is 5.91 Å². The molecule has 1 aromatic carbocycles. The lowest BCUT2D eigenvalue weighted by molar-refractivity contribution is -0.143. The predicted molar refractivity (Wildman–Crippen MR) is 84.3 cm³/mol. The SMILES string of the molecule is Cc1cc(Br)ccc1NC(=O)CN(C1CC1)C(C)C(=O)O. The summed E-state index contributed by atoms with van der Waals surface area (Å²) in [6, 6.07) is 5.19. The largest absolute Gasteiger partial charge is 0.480 e. The van der Waals surface area contributed by atoms with Gasteiger partial charge in [0, 0.05) is 16.2 Å². The Balaban J connectivity index is 2.00. The number of anilines is 1. The highest BCUT2D eigenvalue weighted by Gasteiger charge is 2.36. The standard InChI is InChI=1S/C15H19BrN2O3/c1-9-7-11(16)3-6-13(9)17-14(19)8-18(12-4-5-12)10(2)15(20)21/h3,6-7,10,12H,4-5,8H2,1-2H3,(H,17,19)(H,20,21). The van der Waals surface area contributed by atoms with Crippen LogP contribution in [0.25, 0.3) is 0 Å². The first-order valence-corrected chi connectivity index (χ1v) is 7.72. The van der Waals surface area contributed by atoms with E-state index in [9.17, 15) is 9.59 Å². The van der Waals surface area contributed by atoms with E-state index < -0.39 is 12.0 Å². The molecule has 1 fully saturated rings. The van der Waals surface area contributed by atoms with Crippen molar-refractivity contribution in [2.75, 3.05) is 11.9 Å². The van der Waals surface area contributed by atoms with Gasteiger partial charge in [0.15, 0.2) is 0 Å². The number of nitrogens with zero attached hydrogens (tertiary/aromatic N) is 1. The lowest BCUT2D eigenvalue weighted by Crippen LogP contribution is -2.44. The molecule has 2 rings (SSSR count). The van der Waals surface area contributed by atoms with Crippen molar-refractivity contribution < 1.29 is 14.7 Å². The molecule has 1 aliphatic carbocycles. The van der Waals surface area contributed by atoms with Crippen molar-refractivity contribution in [3.05, 3.63) is 28.2 Å². The zero-order valence-corrected chi connectivity index (χ0v) is 13.7. The monoisotopic (exact) mass is 354 g/mol. The minimum atomic E-state index is -0.894. The molecule has 1 aromatic rings. The van der Waals surface area contributed by atoms with E-state index >= 15 is 0 Å². The molecule has 114 valence electrons. The highest BCUT2D eigenvalue weighted by Crippen LogP contribution is 2.28. The van der Waals surface area contributed by atoms with Crippen molar-refractivity contribution in [1.29, 1.82) is 0 Å². The number of carbonyl (C=O) groups excluding carboxylic acids is 1. The van der Waals surface area contributed by atoms with Crippen LogP contribution < -0.4 is 5.32 Å². The van der Waals surface area contributed by atoms with Gasteiger partial charge in [-0.05, 0) is 50.5 Å². The smallest absolute Gasteiger partial charge is 0.320 e. The summed E-state index contributed by atoms with van der Waals surface area (Å²) in [5, 5.41) is 12.0. The molecule has 6 heteroatoms. The van der Waals surface area contributed by atoms with Crippen molar-refractivity contribution in [2.24, 2.45) is 0 Å². The number of amides is 1. The Labute approximate surface area is 132 Å². The number of benzene rings is 1. The third-order valence-corrected chi connectivity index (χ3v) is 4.15. The van der Waals surface area contributed by atoms with E-state index in [1.165, 1.54) is 0 Å². The van der Waals surface area contributed by atoms with Crippen molar-refractivity contribution in [3.8, 4) is 0 Å². The molecule has 0 aromatic heterocycles. The van der Waals surface area contributed by atoms with Crippen molar-refractivity contribution >= 4 is 33.5 Å². The third kappa shape index (κ3) is 4.28. The number of hydrogen-bond donors (Lipinski definition) is 2.